The van der Waals surface area contributed by atoms with Crippen LogP contribution in [0, 0.1) is 0 Å². The second-order valence-electron chi connectivity index (χ2n) is 13.6. The van der Waals surface area contributed by atoms with Gasteiger partial charge in [0.1, 0.15) is 0 Å². The summed E-state index contributed by atoms with van der Waals surface area (Å²) in [6.45, 7) is 0. The Bertz CT molecular complexity index is 2400. The zero-order valence-electron chi connectivity index (χ0n) is 32.4. The van der Waals surface area contributed by atoms with Crippen molar-refractivity contribution in [2.45, 2.75) is 0 Å². The molecule has 0 radical (unpaired) electrons. The van der Waals surface area contributed by atoms with Crippen molar-refractivity contribution >= 4 is 92.2 Å². The molecule has 0 saturated carbocycles. The van der Waals surface area contributed by atoms with Crippen molar-refractivity contribution in [2.24, 2.45) is 19.7 Å². The zero-order chi connectivity index (χ0) is 41.0. The van der Waals surface area contributed by atoms with Crippen LogP contribution < -0.4 is 42.7 Å². The molecule has 0 aliphatic heterocycles. The molecule has 0 aromatic heterocycles. The molecule has 0 aliphatic carbocycles. The molecule has 0 fully saturated rings. The number of hydrogen-bond donors (Lipinski definition) is 2. The highest BCUT2D eigenvalue weighted by molar-refractivity contribution is 7.88. The van der Waals surface area contributed by atoms with Crippen LogP contribution in [0.4, 0.5) is 11.4 Å². The number of rotatable bonds is 10. The summed E-state index contributed by atoms with van der Waals surface area (Å²) in [7, 11) is -5.83. The first kappa shape index (κ1) is 40.5. The lowest BCUT2D eigenvalue weighted by atomic mass is 10.3. The molecule has 0 spiro atoms. The number of benzene rings is 8. The number of anilines is 2. The van der Waals surface area contributed by atoms with Crippen molar-refractivity contribution in [2.75, 3.05) is 10.9 Å². The highest BCUT2D eigenvalue weighted by atomic mass is 35.5. The number of nitrogens with zero attached hydrogens (tertiary/aromatic N) is 4. The molecule has 2 N–H and O–H groups in total. The molecule has 60 heavy (non-hydrogen) atoms. The molecule has 0 bridgehead atoms. The van der Waals surface area contributed by atoms with Crippen molar-refractivity contribution in [1.29, 1.82) is 0 Å². The van der Waals surface area contributed by atoms with Gasteiger partial charge in [-0.1, -0.05) is 205 Å². The van der Waals surface area contributed by atoms with Gasteiger partial charge in [0.25, 0.3) is 0 Å². The van der Waals surface area contributed by atoms with Crippen LogP contribution in [0.5, 0.6) is 0 Å². The Labute approximate surface area is 361 Å². The molecule has 0 unspecified atom stereocenters. The number of hydrogen-bond acceptors (Lipinski definition) is 4. The van der Waals surface area contributed by atoms with Gasteiger partial charge in [0.15, 0.2) is 0 Å². The van der Waals surface area contributed by atoms with Crippen LogP contribution in [0.25, 0.3) is 0 Å². The standard InChI is InChI=1S/C50H40Cl2N6P2/c51-39-31-35-41(36-32-39)53-55-49(57-59(43-19-7-1-8-20-43,44-21-9-2-10-22-44)45-23-11-3-12-24-45)50(56-54-42-37-33-40(52)34-38-42)58-60(46-25-13-4-14-26-46,47-27-15-5-16-28-47)48-29-17-6-18-30-48/h1-38,53-54H/b55-49+,56-50+. The molecule has 8 rings (SSSR count). The van der Waals surface area contributed by atoms with Gasteiger partial charge in [0.05, 0.1) is 25.5 Å². The summed E-state index contributed by atoms with van der Waals surface area (Å²) in [5.74, 6) is 0.590. The monoisotopic (exact) mass is 856 g/mol. The summed E-state index contributed by atoms with van der Waals surface area (Å²) in [6, 6.07) is 77.5. The minimum Gasteiger partial charge on any atom is -0.276 e. The molecule has 0 saturated heterocycles. The van der Waals surface area contributed by atoms with Crippen molar-refractivity contribution in [1.82, 2.24) is 0 Å². The van der Waals surface area contributed by atoms with Gasteiger partial charge in [-0.3, -0.25) is 10.9 Å². The SMILES string of the molecule is Clc1ccc(N/N=C(N=P(c2ccccc2)(c2ccccc2)c2ccccc2)\C(N=P(c2ccccc2)(c2ccccc2)c2ccccc2)=N/Nc2ccc(Cl)cc2)cc1. The van der Waals surface area contributed by atoms with E-state index in [1.165, 1.54) is 0 Å². The van der Waals surface area contributed by atoms with Crippen molar-refractivity contribution in [3.63, 3.8) is 0 Å². The summed E-state index contributed by atoms with van der Waals surface area (Å²) < 4.78 is 11.9. The van der Waals surface area contributed by atoms with Crippen molar-refractivity contribution in [3.8, 4) is 0 Å². The first-order chi connectivity index (χ1) is 29.5. The summed E-state index contributed by atoms with van der Waals surface area (Å²) >= 11 is 12.7. The Morgan fingerprint density at radius 1 is 0.300 bits per heavy atom. The van der Waals surface area contributed by atoms with E-state index < -0.39 is 14.1 Å². The third kappa shape index (κ3) is 8.99. The summed E-state index contributed by atoms with van der Waals surface area (Å²) in [4.78, 5) is 0. The largest absolute Gasteiger partial charge is 0.276 e. The van der Waals surface area contributed by atoms with E-state index in [1.807, 2.05) is 84.9 Å². The fourth-order valence-electron chi connectivity index (χ4n) is 6.91. The summed E-state index contributed by atoms with van der Waals surface area (Å²) in [6.07, 6.45) is 0. The maximum absolute atomic E-state index is 6.35. The Hall–Kier alpha value is -6.26. The lowest BCUT2D eigenvalue weighted by Gasteiger charge is -2.28. The molecule has 0 aliphatic rings. The Morgan fingerprint density at radius 3 is 0.733 bits per heavy atom. The fourth-order valence-corrected chi connectivity index (χ4v) is 14.1. The molecule has 10 heteroatoms. The quantitative estimate of drug-likeness (QED) is 0.0622. The third-order valence-corrected chi connectivity index (χ3v) is 17.5. The van der Waals surface area contributed by atoms with Crippen LogP contribution in [0.3, 0.4) is 0 Å². The number of nitrogens with one attached hydrogen (secondary N) is 2. The first-order valence-electron chi connectivity index (χ1n) is 19.3. The van der Waals surface area contributed by atoms with Gasteiger partial charge < -0.3 is 0 Å². The Morgan fingerprint density at radius 2 is 0.517 bits per heavy atom. The smallest absolute Gasteiger partial charge is 0.218 e. The molecule has 0 heterocycles. The van der Waals surface area contributed by atoms with Crippen LogP contribution in [0.15, 0.2) is 250 Å². The predicted octanol–water partition coefficient (Wildman–Crippen LogP) is 11.5. The molecule has 0 amide bonds. The lowest BCUT2D eigenvalue weighted by molar-refractivity contribution is 1.30. The number of hydrazone groups is 2. The van der Waals surface area contributed by atoms with Gasteiger partial charge in [0.2, 0.25) is 11.7 Å². The molecular formula is C50H40Cl2N6P2. The van der Waals surface area contributed by atoms with Crippen LogP contribution >= 0.6 is 37.3 Å². The van der Waals surface area contributed by atoms with Gasteiger partial charge in [-0.2, -0.15) is 10.2 Å². The van der Waals surface area contributed by atoms with E-state index in [4.69, 9.17) is 42.9 Å². The topological polar surface area (TPSA) is 73.5 Å². The van der Waals surface area contributed by atoms with Crippen molar-refractivity contribution in [3.05, 3.63) is 241 Å². The highest BCUT2D eigenvalue weighted by Gasteiger charge is 2.32. The van der Waals surface area contributed by atoms with Gasteiger partial charge in [-0.25, -0.2) is 9.49 Å². The predicted molar refractivity (Wildman–Crippen MR) is 260 cm³/mol. The van der Waals surface area contributed by atoms with Gasteiger partial charge >= 0.3 is 0 Å². The minimum absolute atomic E-state index is 0.295. The van der Waals surface area contributed by atoms with Crippen LogP contribution in [-0.4, -0.2) is 11.7 Å². The zero-order valence-corrected chi connectivity index (χ0v) is 35.7. The molecule has 294 valence electrons. The average Bonchev–Trinajstić information content (AvgIpc) is 3.32. The minimum atomic E-state index is -2.92. The van der Waals surface area contributed by atoms with E-state index in [9.17, 15) is 0 Å². The number of amidine groups is 2. The van der Waals surface area contributed by atoms with E-state index in [2.05, 4.69) is 156 Å². The van der Waals surface area contributed by atoms with Crippen LogP contribution in [-0.2, 0) is 0 Å². The van der Waals surface area contributed by atoms with Crippen LogP contribution in [0.1, 0.15) is 0 Å². The molecular weight excluding hydrogens is 817 g/mol. The molecule has 6 nitrogen and oxygen atoms in total. The number of halogens is 2. The lowest BCUT2D eigenvalue weighted by Crippen LogP contribution is -2.29. The van der Waals surface area contributed by atoms with Gasteiger partial charge in [0, 0.05) is 41.9 Å². The third-order valence-electron chi connectivity index (χ3n) is 9.74. The second kappa shape index (κ2) is 19.2. The molecule has 0 atom stereocenters. The summed E-state index contributed by atoms with van der Waals surface area (Å²) in [5.41, 5.74) is 8.08. The molecule has 8 aromatic rings. The fraction of sp³-hybridized carbons (Fsp3) is 0. The van der Waals surface area contributed by atoms with E-state index in [1.54, 1.807) is 0 Å². The normalized spacial score (nSPS) is 12.0. The van der Waals surface area contributed by atoms with E-state index in [0.29, 0.717) is 21.7 Å². The highest BCUT2D eigenvalue weighted by Crippen LogP contribution is 2.49. The maximum atomic E-state index is 6.35. The van der Waals surface area contributed by atoms with Gasteiger partial charge in [-0.15, -0.1) is 0 Å². The maximum Gasteiger partial charge on any atom is 0.218 e. The van der Waals surface area contributed by atoms with Crippen LogP contribution in [0.2, 0.25) is 10.0 Å². The summed E-state index contributed by atoms with van der Waals surface area (Å²) in [5, 5.41) is 17.9. The van der Waals surface area contributed by atoms with E-state index in [-0.39, 0.29) is 0 Å². The second-order valence-corrected chi connectivity index (χ2v) is 20.5. The van der Waals surface area contributed by atoms with E-state index >= 15 is 0 Å². The van der Waals surface area contributed by atoms with Gasteiger partial charge in [-0.05, 0) is 48.5 Å². The average molecular weight is 858 g/mol. The Balaban J connectivity index is 1.53. The molecule has 8 aromatic carbocycles. The first-order valence-corrected chi connectivity index (χ1v) is 23.6. The van der Waals surface area contributed by atoms with E-state index in [0.717, 1.165) is 43.2 Å². The Kier molecular flexibility index (Phi) is 13.0. The van der Waals surface area contributed by atoms with Crippen molar-refractivity contribution < 1.29 is 0 Å².